The summed E-state index contributed by atoms with van der Waals surface area (Å²) in [4.78, 5) is 23.7. The van der Waals surface area contributed by atoms with E-state index in [0.717, 1.165) is 0 Å². The van der Waals surface area contributed by atoms with E-state index in [4.69, 9.17) is 24.3 Å². The zero-order valence-corrected chi connectivity index (χ0v) is 13.8. The fourth-order valence-corrected chi connectivity index (χ4v) is 1.46. The van der Waals surface area contributed by atoms with Crippen molar-refractivity contribution in [2.24, 2.45) is 0 Å². The largest absolute Gasteiger partial charge is 0.461 e. The van der Waals surface area contributed by atoms with Crippen LogP contribution in [0.25, 0.3) is 0 Å². The van der Waals surface area contributed by atoms with E-state index in [2.05, 4.69) is 0 Å². The monoisotopic (exact) mass is 332 g/mol. The van der Waals surface area contributed by atoms with Gasteiger partial charge in [0.2, 0.25) is 0 Å². The number of hydrogen-bond acceptors (Lipinski definition) is 8. The third kappa shape index (κ3) is 10.1. The lowest BCUT2D eigenvalue weighted by molar-refractivity contribution is -0.181. The minimum atomic E-state index is -1.82. The molecule has 0 spiro atoms. The smallest absolute Gasteiger partial charge is 0.455 e. The average Bonchev–Trinajstić information content (AvgIpc) is 2.39. The molecule has 0 bridgehead atoms. The van der Waals surface area contributed by atoms with Gasteiger partial charge in [-0.25, -0.2) is 9.59 Å². The maximum Gasteiger partial charge on any atom is 0.455 e. The van der Waals surface area contributed by atoms with Crippen molar-refractivity contribution in [3.05, 3.63) is 12.2 Å². The van der Waals surface area contributed by atoms with E-state index in [-0.39, 0.29) is 12.9 Å². The molecule has 0 unspecified atom stereocenters. The average molecular weight is 332 g/mol. The van der Waals surface area contributed by atoms with Crippen LogP contribution in [-0.4, -0.2) is 65.2 Å². The first-order valence-corrected chi connectivity index (χ1v) is 7.37. The fraction of sp³-hybridized carbons (Fsp3) is 0.714. The van der Waals surface area contributed by atoms with E-state index in [1.807, 2.05) is 0 Å². The molecule has 0 saturated carbocycles. The molecule has 0 aliphatic carbocycles. The minimum Gasteiger partial charge on any atom is -0.461 e. The van der Waals surface area contributed by atoms with E-state index in [1.54, 1.807) is 27.7 Å². The molecule has 0 rings (SSSR count). The van der Waals surface area contributed by atoms with Gasteiger partial charge >= 0.3 is 19.1 Å². The van der Waals surface area contributed by atoms with Crippen LogP contribution in [0.1, 0.15) is 27.7 Å². The zero-order chi connectivity index (χ0) is 18.0. The van der Waals surface area contributed by atoms with Crippen LogP contribution < -0.4 is 0 Å². The topological polar surface area (TPSA) is 123 Å². The molecule has 0 aromatic heterocycles. The van der Waals surface area contributed by atoms with Gasteiger partial charge in [0, 0.05) is 6.32 Å². The van der Waals surface area contributed by atoms with Crippen molar-refractivity contribution in [1.82, 2.24) is 0 Å². The number of carbonyl (C=O) groups excluding carboxylic acids is 2. The number of aliphatic hydroxyl groups excluding tert-OH is 1. The van der Waals surface area contributed by atoms with Gasteiger partial charge in [0.1, 0.15) is 0 Å². The summed E-state index contributed by atoms with van der Waals surface area (Å²) in [5, 5.41) is 27.3. The Labute approximate surface area is 136 Å². The van der Waals surface area contributed by atoms with Gasteiger partial charge in [-0.1, -0.05) is 12.2 Å². The molecule has 0 aliphatic heterocycles. The van der Waals surface area contributed by atoms with Crippen molar-refractivity contribution in [3.8, 4) is 0 Å². The second-order valence-electron chi connectivity index (χ2n) is 5.36. The third-order valence-corrected chi connectivity index (χ3v) is 2.35. The van der Waals surface area contributed by atoms with Gasteiger partial charge in [-0.15, -0.1) is 0 Å². The number of carbonyl (C=O) groups is 2. The molecule has 3 N–H and O–H groups in total. The molecular weight excluding hydrogens is 307 g/mol. The molecule has 23 heavy (non-hydrogen) atoms. The molecule has 2 atom stereocenters. The first kappa shape index (κ1) is 21.6. The van der Waals surface area contributed by atoms with Gasteiger partial charge < -0.3 is 29.4 Å². The van der Waals surface area contributed by atoms with E-state index in [9.17, 15) is 14.7 Å². The summed E-state index contributed by atoms with van der Waals surface area (Å²) in [6.07, 6.45) is -1.41. The molecule has 132 valence electrons. The Morgan fingerprint density at radius 1 is 1.00 bits per heavy atom. The van der Waals surface area contributed by atoms with Crippen LogP contribution in [0, 0.1) is 0 Å². The SMILES string of the molecule is CC(C)OC(=O)[C@H](O)[C@@H](OCC=CCB(O)O)C(=O)OC(C)C. The van der Waals surface area contributed by atoms with Crippen LogP contribution in [-0.2, 0) is 23.8 Å². The highest BCUT2D eigenvalue weighted by molar-refractivity contribution is 6.41. The highest BCUT2D eigenvalue weighted by Crippen LogP contribution is 2.08. The molecule has 0 aromatic rings. The molecule has 0 aliphatic rings. The van der Waals surface area contributed by atoms with Crippen LogP contribution in [0.5, 0.6) is 0 Å². The number of hydrogen-bond donors (Lipinski definition) is 3. The molecule has 0 amide bonds. The van der Waals surface area contributed by atoms with Gasteiger partial charge in [0.05, 0.1) is 18.8 Å². The van der Waals surface area contributed by atoms with Crippen molar-refractivity contribution in [1.29, 1.82) is 0 Å². The molecular formula is C14H25BO8. The molecule has 9 heteroatoms. The van der Waals surface area contributed by atoms with Gasteiger partial charge in [0.25, 0.3) is 0 Å². The molecule has 0 radical (unpaired) electrons. The molecule has 0 fully saturated rings. The normalized spacial score (nSPS) is 14.1. The maximum atomic E-state index is 11.9. The Hall–Kier alpha value is -1.42. The van der Waals surface area contributed by atoms with E-state index < -0.39 is 43.5 Å². The Bertz CT molecular complexity index is 394. The Kier molecular flexibility index (Phi) is 10.5. The van der Waals surface area contributed by atoms with Crippen molar-refractivity contribution in [2.75, 3.05) is 6.61 Å². The van der Waals surface area contributed by atoms with Crippen molar-refractivity contribution < 1.29 is 39.0 Å². The first-order chi connectivity index (χ1) is 10.6. The van der Waals surface area contributed by atoms with Gasteiger partial charge in [-0.05, 0) is 27.7 Å². The van der Waals surface area contributed by atoms with Crippen molar-refractivity contribution in [3.63, 3.8) is 0 Å². The lowest BCUT2D eigenvalue weighted by Gasteiger charge is -2.22. The summed E-state index contributed by atoms with van der Waals surface area (Å²) in [6.45, 7) is 6.33. The first-order valence-electron chi connectivity index (χ1n) is 7.37. The van der Waals surface area contributed by atoms with Crippen LogP contribution in [0.2, 0.25) is 6.32 Å². The third-order valence-electron chi connectivity index (χ3n) is 2.35. The number of aliphatic hydroxyl groups is 1. The van der Waals surface area contributed by atoms with Crippen molar-refractivity contribution >= 4 is 19.1 Å². The van der Waals surface area contributed by atoms with Crippen molar-refractivity contribution in [2.45, 2.75) is 58.4 Å². The van der Waals surface area contributed by atoms with Crippen LogP contribution in [0.3, 0.4) is 0 Å². The van der Waals surface area contributed by atoms with E-state index >= 15 is 0 Å². The zero-order valence-electron chi connectivity index (χ0n) is 13.8. The number of ether oxygens (including phenoxy) is 3. The van der Waals surface area contributed by atoms with Crippen LogP contribution >= 0.6 is 0 Å². The second-order valence-corrected chi connectivity index (χ2v) is 5.36. The predicted octanol–water partition coefficient (Wildman–Crippen LogP) is -0.335. The summed E-state index contributed by atoms with van der Waals surface area (Å²) in [7, 11) is -1.49. The summed E-state index contributed by atoms with van der Waals surface area (Å²) in [5.74, 6) is -1.87. The Morgan fingerprint density at radius 3 is 2.00 bits per heavy atom. The highest BCUT2D eigenvalue weighted by atomic mass is 16.6. The van der Waals surface area contributed by atoms with Crippen LogP contribution in [0.4, 0.5) is 0 Å². The predicted molar refractivity (Wildman–Crippen MR) is 82.3 cm³/mol. The lowest BCUT2D eigenvalue weighted by Crippen LogP contribution is -2.44. The van der Waals surface area contributed by atoms with Gasteiger partial charge in [-0.3, -0.25) is 0 Å². The molecule has 0 heterocycles. The molecule has 8 nitrogen and oxygen atoms in total. The Morgan fingerprint density at radius 2 is 1.52 bits per heavy atom. The summed E-state index contributed by atoms with van der Waals surface area (Å²) < 4.78 is 15.0. The summed E-state index contributed by atoms with van der Waals surface area (Å²) in [6, 6.07) is 0. The van der Waals surface area contributed by atoms with E-state index in [0.29, 0.717) is 0 Å². The minimum absolute atomic E-state index is 0.0115. The summed E-state index contributed by atoms with van der Waals surface area (Å²) >= 11 is 0. The fourth-order valence-electron chi connectivity index (χ4n) is 1.46. The molecule has 0 saturated heterocycles. The van der Waals surface area contributed by atoms with Gasteiger partial charge in [0.15, 0.2) is 12.2 Å². The van der Waals surface area contributed by atoms with Gasteiger partial charge in [-0.2, -0.15) is 0 Å². The van der Waals surface area contributed by atoms with Crippen LogP contribution in [0.15, 0.2) is 12.2 Å². The Balaban J connectivity index is 4.77. The lowest BCUT2D eigenvalue weighted by atomic mass is 9.86. The number of esters is 2. The second kappa shape index (κ2) is 11.2. The standard InChI is InChI=1S/C14H25BO8/c1-9(2)22-13(17)11(16)12(14(18)23-10(3)4)21-8-6-5-7-15(19)20/h5-6,9-12,16,19-20H,7-8H2,1-4H3/t11-,12-/m1/s1. The maximum absolute atomic E-state index is 11.9. The number of rotatable bonds is 10. The molecule has 0 aromatic carbocycles. The summed E-state index contributed by atoms with van der Waals surface area (Å²) in [5.41, 5.74) is 0. The highest BCUT2D eigenvalue weighted by Gasteiger charge is 2.36. The van der Waals surface area contributed by atoms with E-state index in [1.165, 1.54) is 12.2 Å². The number of allylic oxidation sites excluding steroid dienone is 1. The quantitative estimate of drug-likeness (QED) is 0.282.